The summed E-state index contributed by atoms with van der Waals surface area (Å²) >= 11 is 5.89. The van der Waals surface area contributed by atoms with Crippen LogP contribution in [0.2, 0.25) is 5.02 Å². The summed E-state index contributed by atoms with van der Waals surface area (Å²) < 4.78 is 18.5. The highest BCUT2D eigenvalue weighted by Gasteiger charge is 2.26. The molecule has 0 fully saturated rings. The van der Waals surface area contributed by atoms with Gasteiger partial charge >= 0.3 is 5.97 Å². The Morgan fingerprint density at radius 3 is 2.71 bits per heavy atom. The van der Waals surface area contributed by atoms with Crippen LogP contribution in [-0.2, 0) is 9.53 Å². The summed E-state index contributed by atoms with van der Waals surface area (Å²) in [6.07, 6.45) is -1.65. The van der Waals surface area contributed by atoms with Crippen LogP contribution in [0.1, 0.15) is 29.7 Å². The number of aliphatic hydroxyl groups excluding tert-OH is 1. The smallest absolute Gasteiger partial charge is 0.339 e. The molecule has 0 aliphatic carbocycles. The first kappa shape index (κ1) is 13.9. The zero-order valence-corrected chi connectivity index (χ0v) is 10.6. The molecule has 1 rings (SSSR count). The molecule has 1 N–H and O–H groups in total. The van der Waals surface area contributed by atoms with Crippen molar-refractivity contribution in [3.8, 4) is 0 Å². The Morgan fingerprint density at radius 1 is 1.59 bits per heavy atom. The van der Waals surface area contributed by atoms with Crippen LogP contribution in [0, 0.1) is 19.7 Å². The molecule has 0 heterocycles. The Morgan fingerprint density at radius 2 is 2.18 bits per heavy atom. The number of hydrogen-bond donors (Lipinski definition) is 1. The molecule has 0 aliphatic rings. The zero-order chi connectivity index (χ0) is 13.2. The Hall–Kier alpha value is -1.13. The first-order valence-corrected chi connectivity index (χ1v) is 5.57. The molecule has 5 heteroatoms. The highest BCUT2D eigenvalue weighted by Crippen LogP contribution is 2.30. The van der Waals surface area contributed by atoms with Gasteiger partial charge in [0.2, 0.25) is 0 Å². The molecule has 0 saturated heterocycles. The second-order valence-electron chi connectivity index (χ2n) is 3.68. The van der Waals surface area contributed by atoms with Gasteiger partial charge < -0.3 is 9.84 Å². The van der Waals surface area contributed by atoms with E-state index in [1.807, 2.05) is 0 Å². The second kappa shape index (κ2) is 5.47. The molecule has 3 nitrogen and oxygen atoms in total. The van der Waals surface area contributed by atoms with Crippen molar-refractivity contribution in [2.45, 2.75) is 26.9 Å². The van der Waals surface area contributed by atoms with E-state index in [-0.39, 0.29) is 17.7 Å². The SMILES string of the molecule is CCOC(=O)C(O)c1c(C)c(Cl)cc(C)c1F. The van der Waals surface area contributed by atoms with Gasteiger partial charge in [-0.2, -0.15) is 0 Å². The number of benzene rings is 1. The van der Waals surface area contributed by atoms with Gasteiger partial charge in [0.25, 0.3) is 0 Å². The topological polar surface area (TPSA) is 46.5 Å². The molecule has 94 valence electrons. The van der Waals surface area contributed by atoms with E-state index in [1.54, 1.807) is 13.8 Å². The van der Waals surface area contributed by atoms with Crippen LogP contribution in [0.25, 0.3) is 0 Å². The number of carbonyl (C=O) groups is 1. The third-order valence-electron chi connectivity index (χ3n) is 2.47. The van der Waals surface area contributed by atoms with Crippen molar-refractivity contribution >= 4 is 17.6 Å². The van der Waals surface area contributed by atoms with E-state index in [2.05, 4.69) is 4.74 Å². The molecule has 0 aliphatic heterocycles. The highest BCUT2D eigenvalue weighted by atomic mass is 35.5. The number of aliphatic hydroxyl groups is 1. The van der Waals surface area contributed by atoms with E-state index in [0.717, 1.165) is 0 Å². The van der Waals surface area contributed by atoms with Crippen molar-refractivity contribution in [1.29, 1.82) is 0 Å². The van der Waals surface area contributed by atoms with E-state index in [4.69, 9.17) is 11.6 Å². The fourth-order valence-electron chi connectivity index (χ4n) is 1.53. The van der Waals surface area contributed by atoms with E-state index >= 15 is 0 Å². The Labute approximate surface area is 104 Å². The minimum Gasteiger partial charge on any atom is -0.464 e. The summed E-state index contributed by atoms with van der Waals surface area (Å²) in [5, 5.41) is 10.1. The van der Waals surface area contributed by atoms with E-state index in [9.17, 15) is 14.3 Å². The molecular formula is C12H14ClFO3. The van der Waals surface area contributed by atoms with E-state index in [1.165, 1.54) is 13.0 Å². The Balaban J connectivity index is 3.25. The van der Waals surface area contributed by atoms with Gasteiger partial charge in [-0.1, -0.05) is 11.6 Å². The number of rotatable bonds is 3. The molecule has 0 radical (unpaired) electrons. The largest absolute Gasteiger partial charge is 0.464 e. The Bertz CT molecular complexity index is 420. The third kappa shape index (κ3) is 2.76. The maximum Gasteiger partial charge on any atom is 0.339 e. The van der Waals surface area contributed by atoms with E-state index in [0.29, 0.717) is 10.6 Å². The summed E-state index contributed by atoms with van der Waals surface area (Å²) in [7, 11) is 0. The van der Waals surface area contributed by atoms with Crippen LogP contribution in [0.3, 0.4) is 0 Å². The van der Waals surface area contributed by atoms with E-state index < -0.39 is 17.9 Å². The van der Waals surface area contributed by atoms with Crippen molar-refractivity contribution in [2.75, 3.05) is 6.61 Å². The maximum atomic E-state index is 13.9. The molecule has 0 saturated carbocycles. The average Bonchev–Trinajstić information content (AvgIpc) is 2.27. The van der Waals surface area contributed by atoms with Crippen molar-refractivity contribution in [3.63, 3.8) is 0 Å². The molecule has 1 unspecified atom stereocenters. The number of esters is 1. The van der Waals surface area contributed by atoms with Gasteiger partial charge in [-0.25, -0.2) is 9.18 Å². The molecule has 0 spiro atoms. The molecule has 0 aromatic heterocycles. The maximum absolute atomic E-state index is 13.9. The van der Waals surface area contributed by atoms with Crippen LogP contribution >= 0.6 is 11.6 Å². The fourth-order valence-corrected chi connectivity index (χ4v) is 1.80. The molecule has 17 heavy (non-hydrogen) atoms. The summed E-state index contributed by atoms with van der Waals surface area (Å²) in [5.74, 6) is -1.51. The van der Waals surface area contributed by atoms with Crippen molar-refractivity contribution in [2.24, 2.45) is 0 Å². The third-order valence-corrected chi connectivity index (χ3v) is 2.86. The second-order valence-corrected chi connectivity index (χ2v) is 4.09. The lowest BCUT2D eigenvalue weighted by atomic mass is 9.99. The van der Waals surface area contributed by atoms with Crippen LogP contribution < -0.4 is 0 Å². The fraction of sp³-hybridized carbons (Fsp3) is 0.417. The molecule has 1 atom stereocenters. The summed E-state index contributed by atoms with van der Waals surface area (Å²) in [6, 6.07) is 1.45. The number of hydrogen-bond acceptors (Lipinski definition) is 3. The van der Waals surface area contributed by atoms with Gasteiger partial charge in [0, 0.05) is 10.6 Å². The lowest BCUT2D eigenvalue weighted by Crippen LogP contribution is -2.18. The monoisotopic (exact) mass is 260 g/mol. The average molecular weight is 261 g/mol. The van der Waals surface area contributed by atoms with Gasteiger partial charge in [0.15, 0.2) is 6.10 Å². The number of aryl methyl sites for hydroxylation is 1. The number of carbonyl (C=O) groups excluding carboxylic acids is 1. The van der Waals surface area contributed by atoms with Crippen LogP contribution in [0.5, 0.6) is 0 Å². The van der Waals surface area contributed by atoms with Crippen molar-refractivity contribution < 1.29 is 19.0 Å². The molecule has 1 aromatic rings. The lowest BCUT2D eigenvalue weighted by Gasteiger charge is -2.16. The summed E-state index contributed by atoms with van der Waals surface area (Å²) in [4.78, 5) is 11.4. The predicted molar refractivity (Wildman–Crippen MR) is 62.5 cm³/mol. The van der Waals surface area contributed by atoms with Gasteiger partial charge in [0.05, 0.1) is 6.61 Å². The van der Waals surface area contributed by atoms with Crippen LogP contribution in [0.4, 0.5) is 4.39 Å². The van der Waals surface area contributed by atoms with Crippen LogP contribution in [0.15, 0.2) is 6.07 Å². The first-order chi connectivity index (χ1) is 7.90. The van der Waals surface area contributed by atoms with Crippen LogP contribution in [-0.4, -0.2) is 17.7 Å². The number of ether oxygens (including phenoxy) is 1. The lowest BCUT2D eigenvalue weighted by molar-refractivity contribution is -0.153. The first-order valence-electron chi connectivity index (χ1n) is 5.19. The molecular weight excluding hydrogens is 247 g/mol. The summed E-state index contributed by atoms with van der Waals surface area (Å²) in [5.41, 5.74) is 0.503. The summed E-state index contributed by atoms with van der Waals surface area (Å²) in [6.45, 7) is 4.79. The van der Waals surface area contributed by atoms with Gasteiger partial charge in [-0.3, -0.25) is 0 Å². The normalized spacial score (nSPS) is 12.4. The number of halogens is 2. The molecule has 1 aromatic carbocycles. The van der Waals surface area contributed by atoms with Gasteiger partial charge in [0.1, 0.15) is 5.82 Å². The van der Waals surface area contributed by atoms with Crippen molar-refractivity contribution in [3.05, 3.63) is 33.6 Å². The Kier molecular flexibility index (Phi) is 4.48. The molecule has 0 bridgehead atoms. The van der Waals surface area contributed by atoms with Gasteiger partial charge in [-0.05, 0) is 38.0 Å². The minimum atomic E-state index is -1.65. The zero-order valence-electron chi connectivity index (χ0n) is 9.88. The predicted octanol–water partition coefficient (Wildman–Crippen LogP) is 2.69. The quantitative estimate of drug-likeness (QED) is 0.850. The standard InChI is InChI=1S/C12H14ClFO3/c1-4-17-12(16)11(15)9-7(3)8(13)5-6(2)10(9)14/h5,11,15H,4H2,1-3H3. The van der Waals surface area contributed by atoms with Gasteiger partial charge in [-0.15, -0.1) is 0 Å². The van der Waals surface area contributed by atoms with Crippen molar-refractivity contribution in [1.82, 2.24) is 0 Å². The minimum absolute atomic E-state index is 0.117. The highest BCUT2D eigenvalue weighted by molar-refractivity contribution is 6.31. The molecule has 0 amide bonds.